The molecule has 0 aliphatic rings. The molecule has 1 aromatic heterocycles. The first-order valence-corrected chi connectivity index (χ1v) is 7.83. The Labute approximate surface area is 143 Å². The Balaban J connectivity index is 1.69. The molecule has 2 aromatic carbocycles. The number of aliphatic hydroxyl groups is 1. The van der Waals surface area contributed by atoms with Gasteiger partial charge in [-0.05, 0) is 18.2 Å². The minimum absolute atomic E-state index is 0.00914. The average molecular weight is 340 g/mol. The summed E-state index contributed by atoms with van der Waals surface area (Å²) in [4.78, 5) is 24.0. The van der Waals surface area contributed by atoms with Gasteiger partial charge in [0, 0.05) is 29.8 Å². The second-order valence-electron chi connectivity index (χ2n) is 5.67. The summed E-state index contributed by atoms with van der Waals surface area (Å²) in [5, 5.41) is 13.1. The number of aromatic nitrogens is 1. The van der Waals surface area contributed by atoms with E-state index in [1.165, 1.54) is 24.3 Å². The molecule has 0 aliphatic heterocycles. The number of carbonyl (C=O) groups excluding carboxylic acids is 1. The summed E-state index contributed by atoms with van der Waals surface area (Å²) in [6, 6.07) is 14.3. The van der Waals surface area contributed by atoms with Crippen LogP contribution in [0.15, 0.2) is 65.6 Å². The first-order chi connectivity index (χ1) is 12.1. The van der Waals surface area contributed by atoms with Crippen LogP contribution in [0.3, 0.4) is 0 Å². The predicted molar refractivity (Wildman–Crippen MR) is 92.6 cm³/mol. The zero-order valence-corrected chi connectivity index (χ0v) is 13.4. The van der Waals surface area contributed by atoms with Gasteiger partial charge in [0.25, 0.3) is 0 Å². The van der Waals surface area contributed by atoms with E-state index in [1.54, 1.807) is 41.1 Å². The number of aliphatic hydroxyl groups excluding tert-OH is 1. The third kappa shape index (κ3) is 3.75. The molecule has 1 heterocycles. The minimum atomic E-state index is -1.13. The van der Waals surface area contributed by atoms with Gasteiger partial charge in [0.1, 0.15) is 12.4 Å². The molecule has 5 nitrogen and oxygen atoms in total. The van der Waals surface area contributed by atoms with E-state index >= 15 is 0 Å². The number of carbonyl (C=O) groups is 1. The van der Waals surface area contributed by atoms with Gasteiger partial charge in [-0.25, -0.2) is 4.39 Å². The molecule has 0 fully saturated rings. The molecule has 0 aliphatic carbocycles. The first kappa shape index (κ1) is 16.9. The summed E-state index contributed by atoms with van der Waals surface area (Å²) >= 11 is 0. The topological polar surface area (TPSA) is 71.3 Å². The van der Waals surface area contributed by atoms with Crippen LogP contribution in [0, 0.1) is 5.82 Å². The summed E-state index contributed by atoms with van der Waals surface area (Å²) in [5.41, 5.74) is 0.679. The molecule has 0 saturated heterocycles. The van der Waals surface area contributed by atoms with Crippen LogP contribution in [0.1, 0.15) is 11.7 Å². The lowest BCUT2D eigenvalue weighted by molar-refractivity contribution is -0.122. The van der Waals surface area contributed by atoms with Crippen LogP contribution in [0.5, 0.6) is 0 Å². The third-order valence-electron chi connectivity index (χ3n) is 3.96. The fourth-order valence-electron chi connectivity index (χ4n) is 2.67. The molecule has 1 atom stereocenters. The SMILES string of the molecule is O=C(Cn1ccc(=O)c2ccccc21)NCC(O)c1ccccc1F. The van der Waals surface area contributed by atoms with Gasteiger partial charge in [0.2, 0.25) is 5.91 Å². The van der Waals surface area contributed by atoms with Crippen molar-refractivity contribution in [1.82, 2.24) is 9.88 Å². The Morgan fingerprint density at radius 1 is 1.12 bits per heavy atom. The molecular formula is C19H17FN2O3. The summed E-state index contributed by atoms with van der Waals surface area (Å²) in [6.07, 6.45) is 0.424. The fourth-order valence-corrected chi connectivity index (χ4v) is 2.67. The highest BCUT2D eigenvalue weighted by molar-refractivity contribution is 5.82. The molecule has 128 valence electrons. The van der Waals surface area contributed by atoms with Crippen molar-refractivity contribution in [2.45, 2.75) is 12.6 Å². The molecule has 3 rings (SSSR count). The van der Waals surface area contributed by atoms with E-state index in [9.17, 15) is 19.1 Å². The largest absolute Gasteiger partial charge is 0.386 e. The zero-order chi connectivity index (χ0) is 17.8. The van der Waals surface area contributed by atoms with Gasteiger partial charge in [0.05, 0.1) is 11.6 Å². The Morgan fingerprint density at radius 3 is 2.64 bits per heavy atom. The van der Waals surface area contributed by atoms with Crippen LogP contribution in [0.25, 0.3) is 10.9 Å². The lowest BCUT2D eigenvalue weighted by atomic mass is 10.1. The Kier molecular flexibility index (Phi) is 4.90. The molecule has 0 saturated carbocycles. The normalized spacial score (nSPS) is 12.1. The van der Waals surface area contributed by atoms with Crippen molar-refractivity contribution < 1.29 is 14.3 Å². The molecule has 6 heteroatoms. The van der Waals surface area contributed by atoms with E-state index in [4.69, 9.17) is 0 Å². The monoisotopic (exact) mass is 340 g/mol. The Hall–Kier alpha value is -2.99. The van der Waals surface area contributed by atoms with Crippen molar-refractivity contribution in [3.8, 4) is 0 Å². The number of nitrogens with one attached hydrogen (secondary N) is 1. The van der Waals surface area contributed by atoms with Gasteiger partial charge in [-0.3, -0.25) is 9.59 Å². The number of hydrogen-bond donors (Lipinski definition) is 2. The van der Waals surface area contributed by atoms with Crippen LogP contribution in [-0.2, 0) is 11.3 Å². The van der Waals surface area contributed by atoms with Crippen LogP contribution in [-0.4, -0.2) is 22.1 Å². The van der Waals surface area contributed by atoms with Crippen LogP contribution in [0.2, 0.25) is 0 Å². The quantitative estimate of drug-likeness (QED) is 0.746. The Bertz CT molecular complexity index is 968. The van der Waals surface area contributed by atoms with Gasteiger partial charge in [-0.2, -0.15) is 0 Å². The molecule has 2 N–H and O–H groups in total. The van der Waals surface area contributed by atoms with Crippen molar-refractivity contribution in [3.63, 3.8) is 0 Å². The predicted octanol–water partition coefficient (Wildman–Crippen LogP) is 1.99. The molecule has 3 aromatic rings. The van der Waals surface area contributed by atoms with E-state index in [-0.39, 0.29) is 30.0 Å². The maximum absolute atomic E-state index is 13.6. The Morgan fingerprint density at radius 2 is 1.84 bits per heavy atom. The number of halogens is 1. The van der Waals surface area contributed by atoms with Crippen LogP contribution >= 0.6 is 0 Å². The first-order valence-electron chi connectivity index (χ1n) is 7.83. The lowest BCUT2D eigenvalue weighted by Crippen LogP contribution is -2.32. The third-order valence-corrected chi connectivity index (χ3v) is 3.96. The number of nitrogens with zero attached hydrogens (tertiary/aromatic N) is 1. The molecule has 0 radical (unpaired) electrons. The van der Waals surface area contributed by atoms with Crippen molar-refractivity contribution >= 4 is 16.8 Å². The van der Waals surface area contributed by atoms with Gasteiger partial charge < -0.3 is 15.0 Å². The number of para-hydroxylation sites is 1. The number of amides is 1. The van der Waals surface area contributed by atoms with Gasteiger partial charge >= 0.3 is 0 Å². The molecule has 1 amide bonds. The van der Waals surface area contributed by atoms with Crippen molar-refractivity contribution in [2.75, 3.05) is 6.54 Å². The summed E-state index contributed by atoms with van der Waals surface area (Å²) in [7, 11) is 0. The second-order valence-corrected chi connectivity index (χ2v) is 5.67. The average Bonchev–Trinajstić information content (AvgIpc) is 2.63. The number of fused-ring (bicyclic) bond motifs is 1. The number of pyridine rings is 1. The van der Waals surface area contributed by atoms with Crippen LogP contribution < -0.4 is 10.7 Å². The number of hydrogen-bond acceptors (Lipinski definition) is 3. The van der Waals surface area contributed by atoms with Gasteiger partial charge in [-0.1, -0.05) is 30.3 Å². The molecule has 25 heavy (non-hydrogen) atoms. The fraction of sp³-hybridized carbons (Fsp3) is 0.158. The lowest BCUT2D eigenvalue weighted by Gasteiger charge is -2.14. The van der Waals surface area contributed by atoms with Crippen molar-refractivity contribution in [1.29, 1.82) is 0 Å². The molecule has 0 spiro atoms. The molecule has 0 bridgehead atoms. The summed E-state index contributed by atoms with van der Waals surface area (Å²) < 4.78 is 15.3. The minimum Gasteiger partial charge on any atom is -0.386 e. The highest BCUT2D eigenvalue weighted by atomic mass is 19.1. The molecule has 1 unspecified atom stereocenters. The summed E-state index contributed by atoms with van der Waals surface area (Å²) in [5.74, 6) is -0.861. The maximum atomic E-state index is 13.6. The maximum Gasteiger partial charge on any atom is 0.240 e. The van der Waals surface area contributed by atoms with Crippen molar-refractivity contribution in [2.24, 2.45) is 0 Å². The number of benzene rings is 2. The van der Waals surface area contributed by atoms with E-state index in [0.717, 1.165) is 0 Å². The number of rotatable bonds is 5. The second kappa shape index (κ2) is 7.27. The van der Waals surface area contributed by atoms with Gasteiger partial charge in [-0.15, -0.1) is 0 Å². The zero-order valence-electron chi connectivity index (χ0n) is 13.4. The standard InChI is InChI=1S/C19H17FN2O3/c20-15-7-3-1-5-13(15)18(24)11-21-19(25)12-22-10-9-17(23)14-6-2-4-8-16(14)22/h1-10,18,24H,11-12H2,(H,21,25). The smallest absolute Gasteiger partial charge is 0.240 e. The van der Waals surface area contributed by atoms with E-state index in [2.05, 4.69) is 5.32 Å². The van der Waals surface area contributed by atoms with E-state index in [1.807, 2.05) is 0 Å². The highest BCUT2D eigenvalue weighted by Crippen LogP contribution is 2.15. The summed E-state index contributed by atoms with van der Waals surface area (Å²) in [6.45, 7) is -0.108. The van der Waals surface area contributed by atoms with E-state index < -0.39 is 11.9 Å². The van der Waals surface area contributed by atoms with Gasteiger partial charge in [0.15, 0.2) is 5.43 Å². The van der Waals surface area contributed by atoms with Crippen LogP contribution in [0.4, 0.5) is 4.39 Å². The molecular weight excluding hydrogens is 323 g/mol. The van der Waals surface area contributed by atoms with Crippen molar-refractivity contribution in [3.05, 3.63) is 82.4 Å². The highest BCUT2D eigenvalue weighted by Gasteiger charge is 2.14. The van der Waals surface area contributed by atoms with E-state index in [0.29, 0.717) is 10.9 Å².